The van der Waals surface area contributed by atoms with Crippen LogP contribution in [-0.2, 0) is 6.18 Å². The molecule has 6 heteroatoms. The molecule has 0 aliphatic rings. The second kappa shape index (κ2) is 3.94. The lowest BCUT2D eigenvalue weighted by atomic mass is 10.2. The summed E-state index contributed by atoms with van der Waals surface area (Å²) in [5, 5.41) is 8.56. The Morgan fingerprint density at radius 2 is 1.82 bits per heavy atom. The van der Waals surface area contributed by atoms with Crippen LogP contribution in [0.1, 0.15) is 11.5 Å². The first kappa shape index (κ1) is 11.2. The Bertz CT molecular complexity index is 567. The Morgan fingerprint density at radius 3 is 2.29 bits per heavy atom. The predicted molar refractivity (Wildman–Crippen MR) is 51.7 cm³/mol. The number of nitrogens with zero attached hydrogens (tertiary/aromatic N) is 2. The smallest absolute Gasteiger partial charge is 0.425 e. The van der Waals surface area contributed by atoms with E-state index in [2.05, 4.69) is 4.98 Å². The van der Waals surface area contributed by atoms with Gasteiger partial charge < -0.3 is 4.42 Å². The molecule has 3 nitrogen and oxygen atoms in total. The number of hydrogen-bond donors (Lipinski definition) is 0. The topological polar surface area (TPSA) is 49.8 Å². The fourth-order valence-corrected chi connectivity index (χ4v) is 1.29. The average Bonchev–Trinajstić information content (AvgIpc) is 2.74. The van der Waals surface area contributed by atoms with Crippen molar-refractivity contribution < 1.29 is 17.6 Å². The fourth-order valence-electron chi connectivity index (χ4n) is 1.29. The molecule has 2 rings (SSSR count). The molecule has 1 heterocycles. The maximum absolute atomic E-state index is 12.5. The number of benzene rings is 1. The molecule has 0 saturated heterocycles. The Balaban J connectivity index is 2.54. The molecule has 17 heavy (non-hydrogen) atoms. The summed E-state index contributed by atoms with van der Waals surface area (Å²) < 4.78 is 42.3. The zero-order valence-electron chi connectivity index (χ0n) is 8.32. The van der Waals surface area contributed by atoms with E-state index in [1.165, 1.54) is 6.07 Å². The molecule has 2 aromatic rings. The molecule has 0 amide bonds. The lowest BCUT2D eigenvalue weighted by Crippen LogP contribution is -2.07. The highest BCUT2D eigenvalue weighted by atomic mass is 19.4. The van der Waals surface area contributed by atoms with E-state index in [9.17, 15) is 13.2 Å². The molecule has 86 valence electrons. The Labute approximate surface area is 94.1 Å². The van der Waals surface area contributed by atoms with E-state index in [1.807, 2.05) is 0 Å². The SMILES string of the molecule is N#Cc1oc(-c2ccccc2)nc1C(F)(F)F. The highest BCUT2D eigenvalue weighted by Gasteiger charge is 2.39. The maximum Gasteiger partial charge on any atom is 0.437 e. The van der Waals surface area contributed by atoms with Crippen molar-refractivity contribution in [3.8, 4) is 17.5 Å². The summed E-state index contributed by atoms with van der Waals surface area (Å²) in [7, 11) is 0. The van der Waals surface area contributed by atoms with Crippen molar-refractivity contribution in [2.24, 2.45) is 0 Å². The minimum Gasteiger partial charge on any atom is -0.425 e. The molecular formula is C11H5F3N2O. The van der Waals surface area contributed by atoms with Gasteiger partial charge >= 0.3 is 6.18 Å². The molecule has 0 aliphatic heterocycles. The third kappa shape index (κ3) is 2.13. The molecule has 0 spiro atoms. The van der Waals surface area contributed by atoms with Gasteiger partial charge in [-0.05, 0) is 12.1 Å². The summed E-state index contributed by atoms with van der Waals surface area (Å²) in [5.74, 6) is -1.04. The summed E-state index contributed by atoms with van der Waals surface area (Å²) >= 11 is 0. The van der Waals surface area contributed by atoms with Crippen molar-refractivity contribution in [3.05, 3.63) is 41.8 Å². The van der Waals surface area contributed by atoms with Crippen LogP contribution in [-0.4, -0.2) is 4.98 Å². The summed E-state index contributed by atoms with van der Waals surface area (Å²) in [4.78, 5) is 3.31. The molecule has 0 unspecified atom stereocenters. The quantitative estimate of drug-likeness (QED) is 0.766. The third-order valence-corrected chi connectivity index (χ3v) is 2.02. The van der Waals surface area contributed by atoms with Gasteiger partial charge in [-0.1, -0.05) is 18.2 Å². The van der Waals surface area contributed by atoms with Gasteiger partial charge in [0.05, 0.1) is 0 Å². The first-order valence-electron chi connectivity index (χ1n) is 4.56. The highest BCUT2D eigenvalue weighted by molar-refractivity contribution is 5.54. The Hall–Kier alpha value is -2.29. The normalized spacial score (nSPS) is 11.2. The molecule has 1 aromatic heterocycles. The van der Waals surface area contributed by atoms with Gasteiger partial charge in [0.15, 0.2) is 0 Å². The van der Waals surface area contributed by atoms with Crippen LogP contribution in [0, 0.1) is 11.3 Å². The van der Waals surface area contributed by atoms with Crippen molar-refractivity contribution in [1.29, 1.82) is 5.26 Å². The average molecular weight is 238 g/mol. The zero-order chi connectivity index (χ0) is 12.5. The van der Waals surface area contributed by atoms with Crippen LogP contribution in [0.15, 0.2) is 34.7 Å². The lowest BCUT2D eigenvalue weighted by molar-refractivity contribution is -0.141. The van der Waals surface area contributed by atoms with Gasteiger partial charge in [0.2, 0.25) is 17.3 Å². The second-order valence-electron chi connectivity index (χ2n) is 3.17. The summed E-state index contributed by atoms with van der Waals surface area (Å²) in [6.07, 6.45) is -4.69. The molecule has 0 atom stereocenters. The monoisotopic (exact) mass is 238 g/mol. The molecule has 0 aliphatic carbocycles. The van der Waals surface area contributed by atoms with Crippen LogP contribution in [0.3, 0.4) is 0 Å². The van der Waals surface area contributed by atoms with E-state index in [-0.39, 0.29) is 5.89 Å². The first-order valence-corrected chi connectivity index (χ1v) is 4.56. The summed E-state index contributed by atoms with van der Waals surface area (Å²) in [5.41, 5.74) is -0.904. The summed E-state index contributed by atoms with van der Waals surface area (Å²) in [6, 6.07) is 9.43. The van der Waals surface area contributed by atoms with Crippen molar-refractivity contribution in [2.45, 2.75) is 6.18 Å². The van der Waals surface area contributed by atoms with E-state index in [0.29, 0.717) is 5.56 Å². The Kier molecular flexibility index (Phi) is 2.60. The van der Waals surface area contributed by atoms with Gasteiger partial charge in [-0.15, -0.1) is 0 Å². The van der Waals surface area contributed by atoms with Crippen molar-refractivity contribution >= 4 is 0 Å². The third-order valence-electron chi connectivity index (χ3n) is 2.02. The number of rotatable bonds is 1. The fraction of sp³-hybridized carbons (Fsp3) is 0.0909. The van der Waals surface area contributed by atoms with Crippen LogP contribution >= 0.6 is 0 Å². The van der Waals surface area contributed by atoms with Crippen molar-refractivity contribution in [1.82, 2.24) is 4.98 Å². The molecular weight excluding hydrogens is 233 g/mol. The minimum absolute atomic E-state index is 0.213. The van der Waals surface area contributed by atoms with Crippen LogP contribution in [0.25, 0.3) is 11.5 Å². The zero-order valence-corrected chi connectivity index (χ0v) is 8.32. The van der Waals surface area contributed by atoms with Gasteiger partial charge in [-0.3, -0.25) is 0 Å². The van der Waals surface area contributed by atoms with E-state index < -0.39 is 17.6 Å². The maximum atomic E-state index is 12.5. The number of oxazole rings is 1. The van der Waals surface area contributed by atoms with Crippen molar-refractivity contribution in [3.63, 3.8) is 0 Å². The van der Waals surface area contributed by atoms with E-state index >= 15 is 0 Å². The first-order chi connectivity index (χ1) is 8.02. The second-order valence-corrected chi connectivity index (χ2v) is 3.17. The molecule has 1 aromatic carbocycles. The molecule has 0 radical (unpaired) electrons. The van der Waals surface area contributed by atoms with E-state index in [4.69, 9.17) is 9.68 Å². The lowest BCUT2D eigenvalue weighted by Gasteiger charge is -1.99. The number of aromatic nitrogens is 1. The molecule has 0 N–H and O–H groups in total. The Morgan fingerprint density at radius 1 is 1.18 bits per heavy atom. The molecule has 0 fully saturated rings. The highest BCUT2D eigenvalue weighted by Crippen LogP contribution is 2.33. The van der Waals surface area contributed by atoms with Crippen LogP contribution < -0.4 is 0 Å². The van der Waals surface area contributed by atoms with Gasteiger partial charge in [0.25, 0.3) is 0 Å². The number of nitriles is 1. The largest absolute Gasteiger partial charge is 0.437 e. The van der Waals surface area contributed by atoms with Gasteiger partial charge in [-0.25, -0.2) is 4.98 Å². The molecule has 0 saturated carbocycles. The van der Waals surface area contributed by atoms with Gasteiger partial charge in [-0.2, -0.15) is 18.4 Å². The van der Waals surface area contributed by atoms with Crippen molar-refractivity contribution in [2.75, 3.05) is 0 Å². The summed E-state index contributed by atoms with van der Waals surface area (Å²) in [6.45, 7) is 0. The van der Waals surface area contributed by atoms with E-state index in [0.717, 1.165) is 0 Å². The standard InChI is InChI=1S/C11H5F3N2O/c12-11(13,14)9-8(6-15)17-10(16-9)7-4-2-1-3-5-7/h1-5H. The number of alkyl halides is 3. The van der Waals surface area contributed by atoms with Crippen LogP contribution in [0.2, 0.25) is 0 Å². The number of hydrogen-bond acceptors (Lipinski definition) is 3. The van der Waals surface area contributed by atoms with Gasteiger partial charge in [0.1, 0.15) is 6.07 Å². The number of halogens is 3. The van der Waals surface area contributed by atoms with Crippen LogP contribution in [0.4, 0.5) is 13.2 Å². The van der Waals surface area contributed by atoms with E-state index in [1.54, 1.807) is 30.3 Å². The van der Waals surface area contributed by atoms with Crippen LogP contribution in [0.5, 0.6) is 0 Å². The van der Waals surface area contributed by atoms with Gasteiger partial charge in [0, 0.05) is 5.56 Å². The molecule has 0 bridgehead atoms. The predicted octanol–water partition coefficient (Wildman–Crippen LogP) is 3.23. The minimum atomic E-state index is -4.69.